The minimum atomic E-state index is -0.228. The summed E-state index contributed by atoms with van der Waals surface area (Å²) in [7, 11) is 0. The average molecular weight is 253 g/mol. The molecule has 0 radical (unpaired) electrons. The van der Waals surface area contributed by atoms with Crippen LogP contribution in [-0.2, 0) is 16.1 Å². The summed E-state index contributed by atoms with van der Waals surface area (Å²) in [6.45, 7) is 0.518. The van der Waals surface area contributed by atoms with Gasteiger partial charge >= 0.3 is 0 Å². The van der Waals surface area contributed by atoms with Crippen LogP contribution in [0.15, 0.2) is 30.3 Å². The second kappa shape index (κ2) is 8.63. The SMILES string of the molecule is O=C(COCc1ccccc1)N(CCO)CCO. The first kappa shape index (κ1) is 14.6. The van der Waals surface area contributed by atoms with Gasteiger partial charge < -0.3 is 19.8 Å². The van der Waals surface area contributed by atoms with Crippen LogP contribution in [0.2, 0.25) is 0 Å². The zero-order valence-electron chi connectivity index (χ0n) is 10.3. The molecule has 0 atom stereocenters. The number of ether oxygens (including phenoxy) is 1. The van der Waals surface area contributed by atoms with Crippen molar-refractivity contribution in [3.63, 3.8) is 0 Å². The lowest BCUT2D eigenvalue weighted by atomic mass is 10.2. The fourth-order valence-corrected chi connectivity index (χ4v) is 1.52. The molecular weight excluding hydrogens is 234 g/mol. The van der Waals surface area contributed by atoms with Gasteiger partial charge in [-0.25, -0.2) is 0 Å². The smallest absolute Gasteiger partial charge is 0.248 e. The second-order valence-corrected chi connectivity index (χ2v) is 3.81. The fraction of sp³-hybridized carbons (Fsp3) is 0.462. The van der Waals surface area contributed by atoms with Gasteiger partial charge in [0.1, 0.15) is 6.61 Å². The third-order valence-electron chi connectivity index (χ3n) is 2.43. The van der Waals surface area contributed by atoms with E-state index in [2.05, 4.69) is 0 Å². The molecule has 0 aliphatic rings. The highest BCUT2D eigenvalue weighted by molar-refractivity contribution is 5.77. The molecule has 0 saturated carbocycles. The van der Waals surface area contributed by atoms with E-state index in [1.54, 1.807) is 0 Å². The standard InChI is InChI=1S/C13H19NO4/c15-8-6-14(7-9-16)13(17)11-18-10-12-4-2-1-3-5-12/h1-5,15-16H,6-11H2. The van der Waals surface area contributed by atoms with Crippen LogP contribution in [0.3, 0.4) is 0 Å². The van der Waals surface area contributed by atoms with Gasteiger partial charge in [-0.3, -0.25) is 4.79 Å². The first-order valence-corrected chi connectivity index (χ1v) is 5.89. The number of amides is 1. The summed E-state index contributed by atoms with van der Waals surface area (Å²) in [6.07, 6.45) is 0. The normalized spacial score (nSPS) is 10.3. The van der Waals surface area contributed by atoms with E-state index in [1.165, 1.54) is 4.90 Å². The first-order chi connectivity index (χ1) is 8.77. The topological polar surface area (TPSA) is 70.0 Å². The van der Waals surface area contributed by atoms with Gasteiger partial charge in [0, 0.05) is 13.1 Å². The molecule has 0 unspecified atom stereocenters. The molecule has 0 bridgehead atoms. The minimum absolute atomic E-state index is 0.0467. The Balaban J connectivity index is 2.30. The predicted molar refractivity (Wildman–Crippen MR) is 66.8 cm³/mol. The van der Waals surface area contributed by atoms with Crippen LogP contribution in [0.5, 0.6) is 0 Å². The maximum Gasteiger partial charge on any atom is 0.248 e. The van der Waals surface area contributed by atoms with Crippen molar-refractivity contribution in [1.82, 2.24) is 4.90 Å². The van der Waals surface area contributed by atoms with E-state index in [4.69, 9.17) is 14.9 Å². The van der Waals surface area contributed by atoms with E-state index in [1.807, 2.05) is 30.3 Å². The molecule has 0 heterocycles. The number of nitrogens with zero attached hydrogens (tertiary/aromatic N) is 1. The van der Waals surface area contributed by atoms with Crippen LogP contribution in [-0.4, -0.2) is 53.9 Å². The lowest BCUT2D eigenvalue weighted by Crippen LogP contribution is -2.38. The Bertz CT molecular complexity index is 336. The lowest BCUT2D eigenvalue weighted by Gasteiger charge is -2.20. The highest BCUT2D eigenvalue weighted by atomic mass is 16.5. The maximum atomic E-state index is 11.7. The Morgan fingerprint density at radius 1 is 1.11 bits per heavy atom. The van der Waals surface area contributed by atoms with Gasteiger partial charge in [0.05, 0.1) is 19.8 Å². The Morgan fingerprint density at radius 2 is 1.72 bits per heavy atom. The van der Waals surface area contributed by atoms with Crippen molar-refractivity contribution < 1.29 is 19.7 Å². The Kier molecular flexibility index (Phi) is 7.01. The number of carbonyl (C=O) groups excluding carboxylic acids is 1. The van der Waals surface area contributed by atoms with Gasteiger partial charge in [-0.2, -0.15) is 0 Å². The third kappa shape index (κ3) is 5.27. The van der Waals surface area contributed by atoms with E-state index in [0.29, 0.717) is 6.61 Å². The summed E-state index contributed by atoms with van der Waals surface area (Å²) in [4.78, 5) is 13.1. The van der Waals surface area contributed by atoms with Crippen molar-refractivity contribution in [1.29, 1.82) is 0 Å². The van der Waals surface area contributed by atoms with Crippen LogP contribution in [0, 0.1) is 0 Å². The summed E-state index contributed by atoms with van der Waals surface area (Å²) in [6, 6.07) is 9.57. The lowest BCUT2D eigenvalue weighted by molar-refractivity contribution is -0.137. The number of carbonyl (C=O) groups is 1. The predicted octanol–water partition coefficient (Wildman–Crippen LogP) is 0.0164. The molecule has 1 aromatic carbocycles. The maximum absolute atomic E-state index is 11.7. The summed E-state index contributed by atoms with van der Waals surface area (Å²) in [5, 5.41) is 17.6. The molecule has 0 aliphatic heterocycles. The summed E-state index contributed by atoms with van der Waals surface area (Å²) < 4.78 is 5.30. The van der Waals surface area contributed by atoms with Crippen molar-refractivity contribution in [2.45, 2.75) is 6.61 Å². The van der Waals surface area contributed by atoms with Crippen molar-refractivity contribution in [2.75, 3.05) is 32.9 Å². The van der Waals surface area contributed by atoms with Crippen LogP contribution in [0.25, 0.3) is 0 Å². The number of hydrogen-bond acceptors (Lipinski definition) is 4. The summed E-state index contributed by atoms with van der Waals surface area (Å²) >= 11 is 0. The van der Waals surface area contributed by atoms with Crippen LogP contribution < -0.4 is 0 Å². The number of benzene rings is 1. The van der Waals surface area contributed by atoms with Crippen molar-refractivity contribution in [3.05, 3.63) is 35.9 Å². The highest BCUT2D eigenvalue weighted by Crippen LogP contribution is 2.01. The van der Waals surface area contributed by atoms with E-state index in [-0.39, 0.29) is 38.8 Å². The van der Waals surface area contributed by atoms with Gasteiger partial charge in [0.25, 0.3) is 0 Å². The molecule has 100 valence electrons. The van der Waals surface area contributed by atoms with Crippen LogP contribution in [0.1, 0.15) is 5.56 Å². The fourth-order valence-electron chi connectivity index (χ4n) is 1.52. The number of hydrogen-bond donors (Lipinski definition) is 2. The molecule has 2 N–H and O–H groups in total. The molecule has 0 saturated heterocycles. The molecule has 1 amide bonds. The van der Waals surface area contributed by atoms with Gasteiger partial charge in [-0.1, -0.05) is 30.3 Å². The Morgan fingerprint density at radius 3 is 2.28 bits per heavy atom. The van der Waals surface area contributed by atoms with E-state index in [0.717, 1.165) is 5.56 Å². The minimum Gasteiger partial charge on any atom is -0.395 e. The number of rotatable bonds is 8. The molecule has 1 aromatic rings. The monoisotopic (exact) mass is 253 g/mol. The zero-order valence-corrected chi connectivity index (χ0v) is 10.3. The van der Waals surface area contributed by atoms with Gasteiger partial charge in [-0.05, 0) is 5.56 Å². The molecule has 5 nitrogen and oxygen atoms in total. The van der Waals surface area contributed by atoms with Crippen molar-refractivity contribution in [2.24, 2.45) is 0 Å². The molecule has 0 aromatic heterocycles. The Hall–Kier alpha value is -1.43. The van der Waals surface area contributed by atoms with Gasteiger partial charge in [0.2, 0.25) is 5.91 Å². The number of aliphatic hydroxyl groups excluding tert-OH is 2. The molecule has 0 aliphatic carbocycles. The summed E-state index contributed by atoms with van der Waals surface area (Å²) in [5.74, 6) is -0.228. The van der Waals surface area contributed by atoms with Crippen molar-refractivity contribution in [3.8, 4) is 0 Å². The molecule has 0 spiro atoms. The van der Waals surface area contributed by atoms with E-state index >= 15 is 0 Å². The third-order valence-corrected chi connectivity index (χ3v) is 2.43. The average Bonchev–Trinajstić information content (AvgIpc) is 2.39. The second-order valence-electron chi connectivity index (χ2n) is 3.81. The van der Waals surface area contributed by atoms with Crippen LogP contribution in [0.4, 0.5) is 0 Å². The molecule has 5 heteroatoms. The molecule has 1 rings (SSSR count). The van der Waals surface area contributed by atoms with E-state index in [9.17, 15) is 4.79 Å². The Labute approximate surface area is 107 Å². The highest BCUT2D eigenvalue weighted by Gasteiger charge is 2.12. The number of aliphatic hydroxyl groups is 2. The molecule has 18 heavy (non-hydrogen) atoms. The van der Waals surface area contributed by atoms with Crippen LogP contribution >= 0.6 is 0 Å². The van der Waals surface area contributed by atoms with Gasteiger partial charge in [0.15, 0.2) is 0 Å². The first-order valence-electron chi connectivity index (χ1n) is 5.89. The van der Waals surface area contributed by atoms with Crippen molar-refractivity contribution >= 4 is 5.91 Å². The zero-order chi connectivity index (χ0) is 13.2. The quantitative estimate of drug-likeness (QED) is 0.685. The molecule has 0 fully saturated rings. The molecular formula is C13H19NO4. The van der Waals surface area contributed by atoms with Gasteiger partial charge in [-0.15, -0.1) is 0 Å². The largest absolute Gasteiger partial charge is 0.395 e. The van der Waals surface area contributed by atoms with E-state index < -0.39 is 0 Å². The summed E-state index contributed by atoms with van der Waals surface area (Å²) in [5.41, 5.74) is 1.00.